The number of hydrogen-bond acceptors (Lipinski definition) is 2. The van der Waals surface area contributed by atoms with Gasteiger partial charge in [0.2, 0.25) is 0 Å². The minimum absolute atomic E-state index is 0.0418. The van der Waals surface area contributed by atoms with Gasteiger partial charge in [-0.1, -0.05) is 6.07 Å². The molecule has 0 bridgehead atoms. The molecule has 1 fully saturated rings. The molecule has 1 aromatic carbocycles. The van der Waals surface area contributed by atoms with E-state index in [1.807, 2.05) is 0 Å². The van der Waals surface area contributed by atoms with E-state index in [4.69, 9.17) is 0 Å². The van der Waals surface area contributed by atoms with Crippen LogP contribution in [0.2, 0.25) is 0 Å². The maximum atomic E-state index is 13.0. The Morgan fingerprint density at radius 3 is 2.29 bits per heavy atom. The molecule has 1 heterocycles. The fraction of sp³-hybridized carbons (Fsp3) is 0.417. The van der Waals surface area contributed by atoms with Crippen LogP contribution in [-0.2, 0) is 17.1 Å². The lowest BCUT2D eigenvalue weighted by Gasteiger charge is -2.26. The molecule has 1 atom stereocenters. The average Bonchev–Trinajstić information content (AvgIpc) is 2.36. The van der Waals surface area contributed by atoms with Gasteiger partial charge in [0, 0.05) is 6.42 Å². The summed E-state index contributed by atoms with van der Waals surface area (Å²) in [5.41, 5.74) is -3.21. The lowest BCUT2D eigenvalue weighted by Crippen LogP contribution is -2.36. The summed E-state index contributed by atoms with van der Waals surface area (Å²) in [6.45, 7) is -0.102. The van der Waals surface area contributed by atoms with E-state index >= 15 is 0 Å². The van der Waals surface area contributed by atoms with E-state index in [2.05, 4.69) is 10.1 Å². The zero-order valence-corrected chi connectivity index (χ0v) is 10.3. The monoisotopic (exact) mass is 313 g/mol. The molecule has 1 amide bonds. The molecule has 21 heavy (non-hydrogen) atoms. The number of cyclic esters (lactones) is 1. The van der Waals surface area contributed by atoms with Gasteiger partial charge in [-0.15, -0.1) is 0 Å². The fourth-order valence-corrected chi connectivity index (χ4v) is 2.04. The third-order valence-electron chi connectivity index (χ3n) is 2.99. The Morgan fingerprint density at radius 2 is 1.76 bits per heavy atom. The standard InChI is InChI=1S/C12H9F6NO2/c13-11(14,15)6-1-2-7(8(5-6)12(16,17)18)9-3-4-21-10(20)19-9/h1-2,5,9H,3-4H2,(H,19,20)/t9-/m1/s1. The molecule has 1 aromatic rings. The molecule has 0 saturated carbocycles. The number of carbonyl (C=O) groups excluding carboxylic acids is 1. The molecule has 0 aliphatic carbocycles. The summed E-state index contributed by atoms with van der Waals surface area (Å²) >= 11 is 0. The van der Waals surface area contributed by atoms with Crippen molar-refractivity contribution in [1.82, 2.24) is 5.32 Å². The highest BCUT2D eigenvalue weighted by Crippen LogP contribution is 2.40. The van der Waals surface area contributed by atoms with Crippen molar-refractivity contribution in [3.05, 3.63) is 34.9 Å². The van der Waals surface area contributed by atoms with Crippen molar-refractivity contribution < 1.29 is 35.9 Å². The van der Waals surface area contributed by atoms with E-state index in [9.17, 15) is 31.1 Å². The molecule has 0 spiro atoms. The highest BCUT2D eigenvalue weighted by atomic mass is 19.4. The quantitative estimate of drug-likeness (QED) is 0.799. The number of alkyl halides is 6. The first kappa shape index (κ1) is 15.5. The Morgan fingerprint density at radius 1 is 1.10 bits per heavy atom. The molecule has 2 rings (SSSR count). The summed E-state index contributed by atoms with van der Waals surface area (Å²) in [4.78, 5) is 11.0. The Balaban J connectivity index is 2.48. The summed E-state index contributed by atoms with van der Waals surface area (Å²) in [7, 11) is 0. The highest BCUT2D eigenvalue weighted by molar-refractivity contribution is 5.68. The van der Waals surface area contributed by atoms with Crippen LogP contribution in [0.5, 0.6) is 0 Å². The van der Waals surface area contributed by atoms with E-state index < -0.39 is 41.2 Å². The second-order valence-corrected chi connectivity index (χ2v) is 4.42. The Bertz CT molecular complexity index is 552. The molecule has 3 nitrogen and oxygen atoms in total. The van der Waals surface area contributed by atoms with Gasteiger partial charge in [0.25, 0.3) is 0 Å². The van der Waals surface area contributed by atoms with Crippen molar-refractivity contribution in [2.75, 3.05) is 6.61 Å². The smallest absolute Gasteiger partial charge is 0.416 e. The third kappa shape index (κ3) is 3.40. The van der Waals surface area contributed by atoms with Gasteiger partial charge in [-0.2, -0.15) is 26.3 Å². The first-order chi connectivity index (χ1) is 9.59. The number of halogens is 6. The lowest BCUT2D eigenvalue weighted by molar-refractivity contribution is -0.143. The van der Waals surface area contributed by atoms with Gasteiger partial charge in [-0.05, 0) is 17.7 Å². The number of nitrogens with one attached hydrogen (secondary N) is 1. The van der Waals surface area contributed by atoms with Crippen LogP contribution in [0.25, 0.3) is 0 Å². The number of ether oxygens (including phenoxy) is 1. The topological polar surface area (TPSA) is 38.3 Å². The van der Waals surface area contributed by atoms with Crippen LogP contribution in [0.4, 0.5) is 31.1 Å². The number of carbonyl (C=O) groups is 1. The van der Waals surface area contributed by atoms with E-state index in [0.717, 1.165) is 6.07 Å². The summed E-state index contributed by atoms with van der Waals surface area (Å²) < 4.78 is 81.0. The van der Waals surface area contributed by atoms with Gasteiger partial charge in [0.15, 0.2) is 0 Å². The van der Waals surface area contributed by atoms with Crippen molar-refractivity contribution in [1.29, 1.82) is 0 Å². The van der Waals surface area contributed by atoms with Crippen molar-refractivity contribution in [3.8, 4) is 0 Å². The molecule has 1 aliphatic heterocycles. The Labute approximate surface area is 114 Å². The number of rotatable bonds is 1. The SMILES string of the molecule is O=C1N[C@@H](c2ccc(C(F)(F)F)cc2C(F)(F)F)CCO1. The van der Waals surface area contributed by atoms with E-state index in [-0.39, 0.29) is 19.1 Å². The fourth-order valence-electron chi connectivity index (χ4n) is 2.04. The molecule has 1 saturated heterocycles. The average molecular weight is 313 g/mol. The largest absolute Gasteiger partial charge is 0.449 e. The van der Waals surface area contributed by atoms with Gasteiger partial charge in [-0.25, -0.2) is 4.79 Å². The first-order valence-corrected chi connectivity index (χ1v) is 5.80. The van der Waals surface area contributed by atoms with Gasteiger partial charge in [-0.3, -0.25) is 0 Å². The summed E-state index contributed by atoms with van der Waals surface area (Å²) in [6.07, 6.45) is -10.7. The van der Waals surface area contributed by atoms with Crippen LogP contribution in [0, 0.1) is 0 Å². The minimum atomic E-state index is -4.96. The first-order valence-electron chi connectivity index (χ1n) is 5.80. The van der Waals surface area contributed by atoms with E-state index in [1.54, 1.807) is 0 Å². The molecule has 0 aromatic heterocycles. The van der Waals surface area contributed by atoms with E-state index in [1.165, 1.54) is 0 Å². The molecule has 0 radical (unpaired) electrons. The van der Waals surface area contributed by atoms with Crippen LogP contribution in [0.15, 0.2) is 18.2 Å². The molecule has 9 heteroatoms. The number of amides is 1. The molecule has 1 aliphatic rings. The van der Waals surface area contributed by atoms with E-state index in [0.29, 0.717) is 6.07 Å². The molecular formula is C12H9F6NO2. The zero-order valence-electron chi connectivity index (χ0n) is 10.3. The summed E-state index contributed by atoms with van der Waals surface area (Å²) in [6, 6.07) is 0.315. The van der Waals surface area contributed by atoms with Crippen LogP contribution in [0.1, 0.15) is 29.2 Å². The van der Waals surface area contributed by atoms with Crippen molar-refractivity contribution in [2.24, 2.45) is 0 Å². The number of alkyl carbamates (subject to hydrolysis) is 1. The van der Waals surface area contributed by atoms with Crippen molar-refractivity contribution in [3.63, 3.8) is 0 Å². The molecule has 1 N–H and O–H groups in total. The zero-order chi connectivity index (χ0) is 15.8. The minimum Gasteiger partial charge on any atom is -0.449 e. The normalized spacial score (nSPS) is 19.9. The second kappa shape index (κ2) is 5.12. The van der Waals surface area contributed by atoms with Crippen LogP contribution < -0.4 is 5.32 Å². The predicted molar refractivity (Wildman–Crippen MR) is 58.3 cm³/mol. The third-order valence-corrected chi connectivity index (χ3v) is 2.99. The predicted octanol–water partition coefficient (Wildman–Crippen LogP) is 3.90. The summed E-state index contributed by atoms with van der Waals surface area (Å²) in [5.74, 6) is 0. The van der Waals surface area contributed by atoms with Crippen LogP contribution in [-0.4, -0.2) is 12.7 Å². The van der Waals surface area contributed by atoms with Gasteiger partial charge in [0.05, 0.1) is 23.8 Å². The number of hydrogen-bond donors (Lipinski definition) is 1. The maximum absolute atomic E-state index is 13.0. The van der Waals surface area contributed by atoms with Crippen LogP contribution in [0.3, 0.4) is 0 Å². The Kier molecular flexibility index (Phi) is 3.77. The second-order valence-electron chi connectivity index (χ2n) is 4.42. The molecule has 116 valence electrons. The number of benzene rings is 1. The summed E-state index contributed by atoms with van der Waals surface area (Å²) in [5, 5.41) is 2.16. The molecular weight excluding hydrogens is 304 g/mol. The highest BCUT2D eigenvalue weighted by Gasteiger charge is 2.40. The van der Waals surface area contributed by atoms with Gasteiger partial charge < -0.3 is 10.1 Å². The van der Waals surface area contributed by atoms with Gasteiger partial charge >= 0.3 is 18.4 Å². The maximum Gasteiger partial charge on any atom is 0.416 e. The van der Waals surface area contributed by atoms with Crippen molar-refractivity contribution in [2.45, 2.75) is 24.8 Å². The van der Waals surface area contributed by atoms with Gasteiger partial charge in [0.1, 0.15) is 0 Å². The Hall–Kier alpha value is -1.93. The molecule has 0 unspecified atom stereocenters. The van der Waals surface area contributed by atoms with Crippen LogP contribution >= 0.6 is 0 Å². The van der Waals surface area contributed by atoms with Crippen molar-refractivity contribution >= 4 is 6.09 Å². The lowest BCUT2D eigenvalue weighted by atomic mass is 9.95.